The summed E-state index contributed by atoms with van der Waals surface area (Å²) in [5, 5.41) is 7.00. The molecule has 7 heteroatoms. The number of guanidine groups is 1. The summed E-state index contributed by atoms with van der Waals surface area (Å²) in [6.07, 6.45) is 6.89. The summed E-state index contributed by atoms with van der Waals surface area (Å²) in [6.45, 7) is 5.60. The van der Waals surface area contributed by atoms with Gasteiger partial charge in [0.05, 0.1) is 7.11 Å². The molecule has 0 radical (unpaired) electrons. The molecule has 2 N–H and O–H groups in total. The Hall–Kier alpha value is -2.28. The van der Waals surface area contributed by atoms with Gasteiger partial charge in [0.1, 0.15) is 0 Å². The van der Waals surface area contributed by atoms with E-state index < -0.39 is 0 Å². The van der Waals surface area contributed by atoms with Crippen molar-refractivity contribution < 1.29 is 9.53 Å². The minimum atomic E-state index is -0.239. The van der Waals surface area contributed by atoms with E-state index in [0.29, 0.717) is 19.1 Å². The van der Waals surface area contributed by atoms with E-state index in [9.17, 15) is 4.79 Å². The second-order valence-corrected chi connectivity index (χ2v) is 8.26. The van der Waals surface area contributed by atoms with Crippen molar-refractivity contribution in [2.24, 2.45) is 4.99 Å². The molecule has 2 saturated heterocycles. The number of carbonyl (C=O) groups excluding carboxylic acids is 1. The third-order valence-electron chi connectivity index (χ3n) is 6.15. The number of nitrogens with zero attached hydrogens (tertiary/aromatic N) is 3. The van der Waals surface area contributed by atoms with E-state index in [0.717, 1.165) is 31.9 Å². The first-order valence-electron chi connectivity index (χ1n) is 11.3. The van der Waals surface area contributed by atoms with Gasteiger partial charge >= 0.3 is 6.09 Å². The molecule has 1 aromatic carbocycles. The largest absolute Gasteiger partial charge is 0.453 e. The Kier molecular flexibility index (Phi) is 8.81. The van der Waals surface area contributed by atoms with Crippen molar-refractivity contribution in [2.75, 3.05) is 40.3 Å². The van der Waals surface area contributed by atoms with Gasteiger partial charge in [-0.25, -0.2) is 4.79 Å². The molecule has 166 valence electrons. The Morgan fingerprint density at radius 1 is 1.07 bits per heavy atom. The van der Waals surface area contributed by atoms with Crippen LogP contribution >= 0.6 is 0 Å². The average Bonchev–Trinajstić information content (AvgIpc) is 3.06. The number of hydrogen-bond donors (Lipinski definition) is 2. The second kappa shape index (κ2) is 11.8. The van der Waals surface area contributed by atoms with Crippen molar-refractivity contribution in [1.29, 1.82) is 0 Å². The fraction of sp³-hybridized carbons (Fsp3) is 0.652. The third-order valence-corrected chi connectivity index (χ3v) is 6.15. The van der Waals surface area contributed by atoms with Crippen LogP contribution < -0.4 is 10.6 Å². The van der Waals surface area contributed by atoms with Crippen LogP contribution in [0.3, 0.4) is 0 Å². The highest BCUT2D eigenvalue weighted by atomic mass is 16.5. The number of rotatable bonds is 5. The Bertz CT molecular complexity index is 693. The number of piperidine rings is 1. The summed E-state index contributed by atoms with van der Waals surface area (Å²) in [6, 6.07) is 9.02. The Morgan fingerprint density at radius 3 is 2.37 bits per heavy atom. The van der Waals surface area contributed by atoms with Crippen LogP contribution in [-0.2, 0) is 17.8 Å². The van der Waals surface area contributed by atoms with Crippen LogP contribution in [0.4, 0.5) is 4.79 Å². The highest BCUT2D eigenvalue weighted by Gasteiger charge is 2.23. The summed E-state index contributed by atoms with van der Waals surface area (Å²) in [5.41, 5.74) is 2.72. The Labute approximate surface area is 180 Å². The molecular formula is C23H37N5O2. The molecule has 0 aliphatic carbocycles. The molecular weight excluding hydrogens is 378 g/mol. The smallest absolute Gasteiger partial charge is 0.409 e. The van der Waals surface area contributed by atoms with E-state index in [1.807, 2.05) is 7.05 Å². The summed E-state index contributed by atoms with van der Waals surface area (Å²) < 4.78 is 4.81. The minimum Gasteiger partial charge on any atom is -0.453 e. The lowest BCUT2D eigenvalue weighted by Gasteiger charge is -2.32. The number of amides is 1. The van der Waals surface area contributed by atoms with Crippen LogP contribution in [-0.4, -0.2) is 68.2 Å². The van der Waals surface area contributed by atoms with Crippen molar-refractivity contribution in [3.8, 4) is 0 Å². The predicted molar refractivity (Wildman–Crippen MR) is 121 cm³/mol. The molecule has 30 heavy (non-hydrogen) atoms. The standard InChI is InChI=1S/C23H37N5O2/c1-24-22(26-21-11-15-28(16-12-21)23(29)30-2)25-17-19-9-5-6-10-20(19)18-27-13-7-3-4-8-14-27/h5-6,9-10,21H,3-4,7-8,11-18H2,1-2H3,(H2,24,25,26). The summed E-state index contributed by atoms with van der Waals surface area (Å²) in [4.78, 5) is 20.4. The van der Waals surface area contributed by atoms with Gasteiger partial charge in [-0.3, -0.25) is 9.89 Å². The molecule has 0 spiro atoms. The van der Waals surface area contributed by atoms with Crippen molar-refractivity contribution >= 4 is 12.1 Å². The Morgan fingerprint density at radius 2 is 1.73 bits per heavy atom. The maximum absolute atomic E-state index is 11.6. The third kappa shape index (κ3) is 6.62. The molecule has 7 nitrogen and oxygen atoms in total. The predicted octanol–water partition coefficient (Wildman–Crippen LogP) is 2.96. The first-order valence-corrected chi connectivity index (χ1v) is 11.3. The van der Waals surface area contributed by atoms with Crippen molar-refractivity contribution in [3.63, 3.8) is 0 Å². The van der Waals surface area contributed by atoms with E-state index in [-0.39, 0.29) is 6.09 Å². The van der Waals surface area contributed by atoms with E-state index in [1.54, 1.807) is 4.90 Å². The zero-order chi connectivity index (χ0) is 21.2. The van der Waals surface area contributed by atoms with E-state index >= 15 is 0 Å². The lowest BCUT2D eigenvalue weighted by atomic mass is 10.1. The number of benzene rings is 1. The van der Waals surface area contributed by atoms with Gasteiger partial charge in [0.25, 0.3) is 0 Å². The van der Waals surface area contributed by atoms with Gasteiger partial charge in [0, 0.05) is 39.3 Å². The molecule has 2 aliphatic rings. The maximum Gasteiger partial charge on any atom is 0.409 e. The van der Waals surface area contributed by atoms with E-state index in [2.05, 4.69) is 44.8 Å². The maximum atomic E-state index is 11.6. The molecule has 0 atom stereocenters. The summed E-state index contributed by atoms with van der Waals surface area (Å²) in [5.74, 6) is 0.816. The molecule has 1 amide bonds. The zero-order valence-corrected chi connectivity index (χ0v) is 18.5. The molecule has 2 heterocycles. The fourth-order valence-corrected chi connectivity index (χ4v) is 4.32. The average molecular weight is 416 g/mol. The fourth-order valence-electron chi connectivity index (χ4n) is 4.32. The number of likely N-dealkylation sites (tertiary alicyclic amines) is 2. The van der Waals surface area contributed by atoms with Gasteiger partial charge < -0.3 is 20.3 Å². The minimum absolute atomic E-state index is 0.239. The highest BCUT2D eigenvalue weighted by molar-refractivity contribution is 5.80. The number of hydrogen-bond acceptors (Lipinski definition) is 4. The molecule has 0 bridgehead atoms. The molecule has 2 fully saturated rings. The molecule has 1 aromatic rings. The van der Waals surface area contributed by atoms with Crippen LogP contribution in [0.2, 0.25) is 0 Å². The van der Waals surface area contributed by atoms with E-state index in [4.69, 9.17) is 4.74 Å². The number of ether oxygens (including phenoxy) is 1. The van der Waals surface area contributed by atoms with Gasteiger partial charge in [-0.1, -0.05) is 37.1 Å². The SMILES string of the molecule is CN=C(NCc1ccccc1CN1CCCCCC1)NC1CCN(C(=O)OC)CC1. The molecule has 2 aliphatic heterocycles. The van der Waals surface area contributed by atoms with Gasteiger partial charge in [0.15, 0.2) is 5.96 Å². The normalized spacial score (nSPS) is 19.3. The summed E-state index contributed by atoms with van der Waals surface area (Å²) in [7, 11) is 3.24. The number of aliphatic imine (C=N–C) groups is 1. The highest BCUT2D eigenvalue weighted by Crippen LogP contribution is 2.16. The first-order chi connectivity index (χ1) is 14.7. The lowest BCUT2D eigenvalue weighted by molar-refractivity contribution is 0.111. The molecule has 0 aromatic heterocycles. The van der Waals surface area contributed by atoms with Crippen molar-refractivity contribution in [1.82, 2.24) is 20.4 Å². The van der Waals surface area contributed by atoms with Gasteiger partial charge in [0.2, 0.25) is 0 Å². The van der Waals surface area contributed by atoms with Gasteiger partial charge in [-0.05, 0) is 49.9 Å². The molecule has 0 saturated carbocycles. The van der Waals surface area contributed by atoms with E-state index in [1.165, 1.54) is 57.0 Å². The van der Waals surface area contributed by atoms with Crippen LogP contribution in [0.25, 0.3) is 0 Å². The lowest BCUT2D eigenvalue weighted by Crippen LogP contribution is -2.49. The molecule has 3 rings (SSSR count). The van der Waals surface area contributed by atoms with Crippen LogP contribution in [0.5, 0.6) is 0 Å². The van der Waals surface area contributed by atoms with Crippen LogP contribution in [0.15, 0.2) is 29.3 Å². The number of carbonyl (C=O) groups is 1. The summed E-state index contributed by atoms with van der Waals surface area (Å²) >= 11 is 0. The van der Waals surface area contributed by atoms with Crippen LogP contribution in [0, 0.1) is 0 Å². The zero-order valence-electron chi connectivity index (χ0n) is 18.5. The number of methoxy groups -OCH3 is 1. The Balaban J connectivity index is 1.50. The van der Waals surface area contributed by atoms with Crippen LogP contribution in [0.1, 0.15) is 49.7 Å². The first kappa shape index (κ1) is 22.4. The van der Waals surface area contributed by atoms with Gasteiger partial charge in [-0.15, -0.1) is 0 Å². The van der Waals surface area contributed by atoms with Crippen molar-refractivity contribution in [3.05, 3.63) is 35.4 Å². The monoisotopic (exact) mass is 415 g/mol. The van der Waals surface area contributed by atoms with Crippen molar-refractivity contribution in [2.45, 2.75) is 57.7 Å². The molecule has 0 unspecified atom stereocenters. The second-order valence-electron chi connectivity index (χ2n) is 8.26. The quantitative estimate of drug-likeness (QED) is 0.572. The number of nitrogens with one attached hydrogen (secondary N) is 2. The van der Waals surface area contributed by atoms with Gasteiger partial charge in [-0.2, -0.15) is 0 Å². The topological polar surface area (TPSA) is 69.2 Å².